The molecule has 0 spiro atoms. The SMILES string of the molecule is CC(C)(O)C(N)c1ccc(F)cc1F. The van der Waals surface area contributed by atoms with Crippen LogP contribution in [0, 0.1) is 11.6 Å². The number of hydrogen-bond donors (Lipinski definition) is 2. The van der Waals surface area contributed by atoms with Gasteiger partial charge in [-0.3, -0.25) is 0 Å². The molecule has 0 aromatic heterocycles. The number of halogens is 2. The van der Waals surface area contributed by atoms with Crippen molar-refractivity contribution in [2.75, 3.05) is 0 Å². The molecule has 78 valence electrons. The molecule has 0 saturated carbocycles. The molecule has 1 aromatic carbocycles. The van der Waals surface area contributed by atoms with Crippen LogP contribution in [-0.2, 0) is 0 Å². The predicted molar refractivity (Wildman–Crippen MR) is 49.6 cm³/mol. The topological polar surface area (TPSA) is 46.2 Å². The summed E-state index contributed by atoms with van der Waals surface area (Å²) in [6.45, 7) is 2.95. The third-order valence-corrected chi connectivity index (χ3v) is 2.06. The van der Waals surface area contributed by atoms with Crippen molar-refractivity contribution >= 4 is 0 Å². The average molecular weight is 201 g/mol. The van der Waals surface area contributed by atoms with E-state index in [2.05, 4.69) is 0 Å². The third kappa shape index (κ3) is 2.27. The molecule has 0 saturated heterocycles. The number of nitrogens with two attached hydrogens (primary N) is 1. The van der Waals surface area contributed by atoms with E-state index in [9.17, 15) is 13.9 Å². The van der Waals surface area contributed by atoms with E-state index < -0.39 is 23.3 Å². The predicted octanol–water partition coefficient (Wildman–Crippen LogP) is 1.74. The van der Waals surface area contributed by atoms with Gasteiger partial charge < -0.3 is 10.8 Å². The molecule has 0 bridgehead atoms. The third-order valence-electron chi connectivity index (χ3n) is 2.06. The summed E-state index contributed by atoms with van der Waals surface area (Å²) in [5.41, 5.74) is 4.48. The molecule has 0 aliphatic carbocycles. The molecular weight excluding hydrogens is 188 g/mol. The molecule has 1 rings (SSSR count). The van der Waals surface area contributed by atoms with Crippen molar-refractivity contribution in [3.05, 3.63) is 35.4 Å². The van der Waals surface area contributed by atoms with E-state index in [1.807, 2.05) is 0 Å². The van der Waals surface area contributed by atoms with E-state index in [1.165, 1.54) is 19.9 Å². The van der Waals surface area contributed by atoms with Gasteiger partial charge in [0.25, 0.3) is 0 Å². The first kappa shape index (κ1) is 11.1. The summed E-state index contributed by atoms with van der Waals surface area (Å²) in [4.78, 5) is 0. The van der Waals surface area contributed by atoms with Crippen LogP contribution in [0.3, 0.4) is 0 Å². The van der Waals surface area contributed by atoms with Gasteiger partial charge in [-0.15, -0.1) is 0 Å². The zero-order valence-electron chi connectivity index (χ0n) is 8.09. The van der Waals surface area contributed by atoms with Crippen molar-refractivity contribution in [2.24, 2.45) is 5.73 Å². The summed E-state index contributed by atoms with van der Waals surface area (Å²) in [6.07, 6.45) is 0. The second-order valence-electron chi connectivity index (χ2n) is 3.80. The summed E-state index contributed by atoms with van der Waals surface area (Å²) in [6, 6.07) is 2.24. The Bertz CT molecular complexity index is 333. The zero-order chi connectivity index (χ0) is 10.9. The highest BCUT2D eigenvalue weighted by atomic mass is 19.1. The van der Waals surface area contributed by atoms with Gasteiger partial charge in [-0.05, 0) is 19.9 Å². The van der Waals surface area contributed by atoms with Crippen LogP contribution in [0.5, 0.6) is 0 Å². The smallest absolute Gasteiger partial charge is 0.130 e. The molecule has 0 heterocycles. The van der Waals surface area contributed by atoms with Crippen molar-refractivity contribution < 1.29 is 13.9 Å². The maximum absolute atomic E-state index is 13.2. The Morgan fingerprint density at radius 3 is 2.36 bits per heavy atom. The summed E-state index contributed by atoms with van der Waals surface area (Å²) >= 11 is 0. The number of hydrogen-bond acceptors (Lipinski definition) is 2. The van der Waals surface area contributed by atoms with Crippen LogP contribution < -0.4 is 5.73 Å². The van der Waals surface area contributed by atoms with E-state index in [4.69, 9.17) is 5.73 Å². The Morgan fingerprint density at radius 1 is 1.36 bits per heavy atom. The Morgan fingerprint density at radius 2 is 1.93 bits per heavy atom. The highest BCUT2D eigenvalue weighted by Crippen LogP contribution is 2.25. The molecule has 0 aliphatic heterocycles. The van der Waals surface area contributed by atoms with Crippen LogP contribution in [0.15, 0.2) is 18.2 Å². The normalized spacial score (nSPS) is 14.1. The molecule has 0 radical (unpaired) electrons. The van der Waals surface area contributed by atoms with Gasteiger partial charge >= 0.3 is 0 Å². The fourth-order valence-electron chi connectivity index (χ4n) is 1.13. The van der Waals surface area contributed by atoms with Crippen molar-refractivity contribution in [1.29, 1.82) is 0 Å². The highest BCUT2D eigenvalue weighted by molar-refractivity contribution is 5.23. The van der Waals surface area contributed by atoms with Gasteiger partial charge in [-0.1, -0.05) is 6.07 Å². The number of rotatable bonds is 2. The molecule has 1 aromatic rings. The second kappa shape index (κ2) is 3.63. The summed E-state index contributed by atoms with van der Waals surface area (Å²) in [7, 11) is 0. The lowest BCUT2D eigenvalue weighted by Gasteiger charge is -2.26. The van der Waals surface area contributed by atoms with Crippen molar-refractivity contribution in [3.63, 3.8) is 0 Å². The largest absolute Gasteiger partial charge is 0.388 e. The van der Waals surface area contributed by atoms with E-state index in [1.54, 1.807) is 0 Å². The van der Waals surface area contributed by atoms with Crippen LogP contribution in [0.25, 0.3) is 0 Å². The van der Waals surface area contributed by atoms with Gasteiger partial charge in [0.1, 0.15) is 11.6 Å². The molecular formula is C10H13F2NO. The minimum atomic E-state index is -1.24. The molecule has 0 aliphatic rings. The highest BCUT2D eigenvalue weighted by Gasteiger charge is 2.26. The first-order valence-corrected chi connectivity index (χ1v) is 4.25. The molecule has 0 fully saturated rings. The fraction of sp³-hybridized carbons (Fsp3) is 0.400. The summed E-state index contributed by atoms with van der Waals surface area (Å²) in [5, 5.41) is 9.55. The zero-order valence-corrected chi connectivity index (χ0v) is 8.09. The van der Waals surface area contributed by atoms with E-state index >= 15 is 0 Å². The Balaban J connectivity index is 3.08. The van der Waals surface area contributed by atoms with Gasteiger partial charge in [0.2, 0.25) is 0 Å². The van der Waals surface area contributed by atoms with Crippen LogP contribution in [0.1, 0.15) is 25.5 Å². The number of benzene rings is 1. The second-order valence-corrected chi connectivity index (χ2v) is 3.80. The Hall–Kier alpha value is -1.00. The Labute approximate surface area is 81.4 Å². The standard InChI is InChI=1S/C10H13F2NO/c1-10(2,14)9(13)7-4-3-6(11)5-8(7)12/h3-5,9,14H,13H2,1-2H3. The van der Waals surface area contributed by atoms with E-state index in [-0.39, 0.29) is 5.56 Å². The lowest BCUT2D eigenvalue weighted by molar-refractivity contribution is 0.0504. The van der Waals surface area contributed by atoms with Crippen molar-refractivity contribution in [3.8, 4) is 0 Å². The van der Waals surface area contributed by atoms with Gasteiger partial charge in [0.15, 0.2) is 0 Å². The van der Waals surface area contributed by atoms with Crippen LogP contribution in [-0.4, -0.2) is 10.7 Å². The summed E-state index contributed by atoms with van der Waals surface area (Å²) < 4.78 is 25.8. The Kier molecular flexibility index (Phi) is 2.87. The lowest BCUT2D eigenvalue weighted by atomic mass is 9.92. The first-order chi connectivity index (χ1) is 6.32. The fourth-order valence-corrected chi connectivity index (χ4v) is 1.13. The molecule has 3 N–H and O–H groups in total. The molecule has 1 unspecified atom stereocenters. The van der Waals surface area contributed by atoms with Gasteiger partial charge in [-0.2, -0.15) is 0 Å². The van der Waals surface area contributed by atoms with Crippen LogP contribution >= 0.6 is 0 Å². The van der Waals surface area contributed by atoms with Gasteiger partial charge in [0.05, 0.1) is 11.6 Å². The quantitative estimate of drug-likeness (QED) is 0.765. The first-order valence-electron chi connectivity index (χ1n) is 4.25. The monoisotopic (exact) mass is 201 g/mol. The molecule has 4 heteroatoms. The molecule has 2 nitrogen and oxygen atoms in total. The maximum atomic E-state index is 13.2. The lowest BCUT2D eigenvalue weighted by Crippen LogP contribution is -2.35. The van der Waals surface area contributed by atoms with Crippen LogP contribution in [0.2, 0.25) is 0 Å². The van der Waals surface area contributed by atoms with E-state index in [0.717, 1.165) is 12.1 Å². The summed E-state index contributed by atoms with van der Waals surface area (Å²) in [5.74, 6) is -1.39. The minimum Gasteiger partial charge on any atom is -0.388 e. The van der Waals surface area contributed by atoms with Gasteiger partial charge in [0, 0.05) is 11.6 Å². The minimum absolute atomic E-state index is 0.110. The molecule has 0 amide bonds. The van der Waals surface area contributed by atoms with Crippen molar-refractivity contribution in [1.82, 2.24) is 0 Å². The van der Waals surface area contributed by atoms with E-state index in [0.29, 0.717) is 0 Å². The number of aliphatic hydroxyl groups is 1. The average Bonchev–Trinajstić information content (AvgIpc) is 2.01. The molecule has 14 heavy (non-hydrogen) atoms. The van der Waals surface area contributed by atoms with Crippen LogP contribution in [0.4, 0.5) is 8.78 Å². The van der Waals surface area contributed by atoms with Gasteiger partial charge in [-0.25, -0.2) is 8.78 Å². The molecule has 1 atom stereocenters. The maximum Gasteiger partial charge on any atom is 0.130 e. The van der Waals surface area contributed by atoms with Crippen molar-refractivity contribution in [2.45, 2.75) is 25.5 Å².